The van der Waals surface area contributed by atoms with Gasteiger partial charge in [-0.15, -0.1) is 0 Å². The van der Waals surface area contributed by atoms with E-state index in [1.54, 1.807) is 30.3 Å². The Kier molecular flexibility index (Phi) is 2.77. The largest absolute Gasteiger partial charge is 0.480 e. The van der Waals surface area contributed by atoms with E-state index in [-0.39, 0.29) is 6.42 Å². The Hall–Kier alpha value is -1.84. The van der Waals surface area contributed by atoms with Gasteiger partial charge < -0.3 is 10.4 Å². The van der Waals surface area contributed by atoms with Crippen molar-refractivity contribution in [3.63, 3.8) is 0 Å². The second-order valence-electron chi connectivity index (χ2n) is 5.30. The Morgan fingerprint density at radius 3 is 2.43 bits per heavy atom. The molecular weight excluding hydrogens is 290 g/mol. The number of amides is 1. The fourth-order valence-electron chi connectivity index (χ4n) is 1.96. The number of nitrogens with one attached hydrogen (secondary N) is 1. The second kappa shape index (κ2) is 8.14. The van der Waals surface area contributed by atoms with Crippen molar-refractivity contribution in [2.75, 3.05) is 0 Å². The van der Waals surface area contributed by atoms with Gasteiger partial charge in [-0.05, 0) is 42.8 Å². The molecule has 2 rings (SSSR count). The van der Waals surface area contributed by atoms with E-state index in [1.807, 2.05) is 5.32 Å². The molecule has 1 amide bonds. The van der Waals surface area contributed by atoms with Gasteiger partial charge in [-0.3, -0.25) is 4.79 Å². The van der Waals surface area contributed by atoms with Crippen LogP contribution >= 0.6 is 0 Å². The summed E-state index contributed by atoms with van der Waals surface area (Å²) in [5.74, 6) is -13.2. The number of rotatable bonds is 6. The van der Waals surface area contributed by atoms with Crippen LogP contribution in [0.5, 0.6) is 0 Å². The first-order valence-electron chi connectivity index (χ1n) is 12.6. The normalized spacial score (nSPS) is 45.2. The van der Waals surface area contributed by atoms with Crippen LogP contribution in [0.25, 0.3) is 0 Å². The Morgan fingerprint density at radius 1 is 1.30 bits per heavy atom. The highest BCUT2D eigenvalue weighted by Gasteiger charge is 2.30. The Bertz CT molecular complexity index is 932. The van der Waals surface area contributed by atoms with Crippen molar-refractivity contribution in [2.24, 2.45) is 17.7 Å². The number of hydrogen-bond acceptors (Lipinski definition) is 2. The van der Waals surface area contributed by atoms with Gasteiger partial charge in [0.2, 0.25) is 5.91 Å². The number of carbonyl (C=O) groups excluding carboxylic acids is 1. The lowest BCUT2D eigenvalue weighted by Crippen LogP contribution is -2.45. The predicted octanol–water partition coefficient (Wildman–Crippen LogP) is 3.26. The smallest absolute Gasteiger partial charge is 0.326 e. The van der Waals surface area contributed by atoms with E-state index < -0.39 is 61.1 Å². The number of carboxylic acids is 1. The third kappa shape index (κ3) is 5.08. The maximum atomic E-state index is 13.2. The molecule has 1 aromatic rings. The summed E-state index contributed by atoms with van der Waals surface area (Å²) in [5.41, 5.74) is 0.440. The Labute approximate surface area is 153 Å². The lowest BCUT2D eigenvalue weighted by Gasteiger charge is -2.30. The first kappa shape index (κ1) is 7.82. The van der Waals surface area contributed by atoms with Crippen molar-refractivity contribution in [1.82, 2.24) is 5.32 Å². The van der Waals surface area contributed by atoms with Crippen LogP contribution in [0, 0.1) is 17.7 Å². The molecule has 4 heteroatoms. The average Bonchev–Trinajstić information content (AvgIpc) is 2.70. The summed E-state index contributed by atoms with van der Waals surface area (Å²) in [6, 6.07) is 6.17. The number of carbonyl (C=O) groups is 2. The molecule has 0 spiro atoms. The third-order valence-corrected chi connectivity index (χ3v) is 3.24. The molecule has 0 aromatic heterocycles. The highest BCUT2D eigenvalue weighted by molar-refractivity contribution is 5.85. The quantitative estimate of drug-likeness (QED) is 0.842. The molecule has 126 valence electrons. The molecule has 0 heterocycles. The van der Waals surface area contributed by atoms with Gasteiger partial charge in [0.25, 0.3) is 0 Å². The van der Waals surface area contributed by atoms with Gasteiger partial charge in [0.05, 0.1) is 0 Å². The fraction of sp³-hybridized carbons (Fsp3) is 0.579. The van der Waals surface area contributed by atoms with Gasteiger partial charge in [0, 0.05) is 27.4 Å². The van der Waals surface area contributed by atoms with Crippen LogP contribution in [-0.4, -0.2) is 23.0 Å². The fourth-order valence-corrected chi connectivity index (χ4v) is 1.96. The van der Waals surface area contributed by atoms with Crippen LogP contribution in [-0.2, 0) is 16.0 Å². The molecule has 4 nitrogen and oxygen atoms in total. The zero-order chi connectivity index (χ0) is 26.8. The van der Waals surface area contributed by atoms with Gasteiger partial charge in [-0.2, -0.15) is 0 Å². The van der Waals surface area contributed by atoms with Crippen molar-refractivity contribution in [3.05, 3.63) is 35.9 Å². The average molecular weight is 328 g/mol. The molecule has 1 aliphatic carbocycles. The Morgan fingerprint density at radius 2 is 1.91 bits per heavy atom. The monoisotopic (exact) mass is 328 g/mol. The van der Waals surface area contributed by atoms with Crippen molar-refractivity contribution >= 4 is 11.9 Å². The highest BCUT2D eigenvalue weighted by Crippen LogP contribution is 2.33. The maximum Gasteiger partial charge on any atom is 0.326 e. The van der Waals surface area contributed by atoms with E-state index in [1.165, 1.54) is 0 Å². The van der Waals surface area contributed by atoms with Gasteiger partial charge in [-0.1, -0.05) is 44.2 Å². The lowest BCUT2D eigenvalue weighted by atomic mass is 9.76. The maximum absolute atomic E-state index is 13.2. The van der Waals surface area contributed by atoms with E-state index in [2.05, 4.69) is 0 Å². The first-order chi connectivity index (χ1) is 15.1. The van der Waals surface area contributed by atoms with E-state index >= 15 is 0 Å². The molecule has 2 N–H and O–H groups in total. The van der Waals surface area contributed by atoms with E-state index in [0.29, 0.717) is 5.56 Å². The minimum atomic E-state index is -3.87. The molecule has 0 aliphatic heterocycles. The van der Waals surface area contributed by atoms with Crippen LogP contribution < -0.4 is 5.32 Å². The van der Waals surface area contributed by atoms with Crippen molar-refractivity contribution in [3.8, 4) is 0 Å². The summed E-state index contributed by atoms with van der Waals surface area (Å²) in [6.07, 6.45) is -15.5. The number of hydrogen-bond donors (Lipinski definition) is 2. The van der Waals surface area contributed by atoms with Gasteiger partial charge in [-0.25, -0.2) is 4.79 Å². The topological polar surface area (TPSA) is 66.4 Å². The molecule has 0 saturated heterocycles. The number of aliphatic carboxylic acids is 1. The highest BCUT2D eigenvalue weighted by atomic mass is 16.4. The molecule has 0 unspecified atom stereocenters. The summed E-state index contributed by atoms with van der Waals surface area (Å²) >= 11 is 0. The molecule has 23 heavy (non-hydrogen) atoms. The molecular formula is C19H27NO3. The molecule has 1 saturated carbocycles. The molecule has 1 fully saturated rings. The molecule has 1 atom stereocenters. The second-order valence-corrected chi connectivity index (χ2v) is 5.30. The molecule has 0 radical (unpaired) electrons. The van der Waals surface area contributed by atoms with Gasteiger partial charge in [0.15, 0.2) is 0 Å². The van der Waals surface area contributed by atoms with Gasteiger partial charge >= 0.3 is 5.97 Å². The summed E-state index contributed by atoms with van der Waals surface area (Å²) < 4.78 is 91.9. The summed E-state index contributed by atoms with van der Waals surface area (Å²) in [7, 11) is 0. The van der Waals surface area contributed by atoms with Crippen LogP contribution in [0.2, 0.25) is 0 Å². The molecule has 1 aliphatic rings. The van der Waals surface area contributed by atoms with Gasteiger partial charge in [0.1, 0.15) is 6.04 Å². The first-order valence-corrected chi connectivity index (χ1v) is 7.13. The summed E-state index contributed by atoms with van der Waals surface area (Å²) in [6.45, 7) is 1.83. The van der Waals surface area contributed by atoms with Crippen molar-refractivity contribution in [2.45, 2.75) is 51.8 Å². The minimum Gasteiger partial charge on any atom is -0.480 e. The SMILES string of the molecule is [2H]C1([2H])C([2H])([2H])[C@]([2H])(C([2H])(C)C)C([2H])([2H])C([2H])([2H])[C@@]1([2H])C(=O)N[C@H](Cc1ccccc1)C(=O)O. The third-order valence-electron chi connectivity index (χ3n) is 3.24. The van der Waals surface area contributed by atoms with Crippen molar-refractivity contribution < 1.29 is 29.8 Å². The van der Waals surface area contributed by atoms with Crippen LogP contribution in [0.4, 0.5) is 0 Å². The van der Waals surface area contributed by atoms with Crippen LogP contribution in [0.1, 0.15) is 60.0 Å². The standard InChI is InChI=1S/C19H27NO3/c1-13(2)15-8-10-16(11-9-15)18(21)20-17(19(22)23)12-14-6-4-3-5-7-14/h3-7,13,15-17H,8-12H2,1-2H3,(H,20,21)(H,22,23)/t15-,16-,17-/m1/s1/i8D2,9D2,10D2,11D2,13D,15D,16D. The minimum absolute atomic E-state index is 0.327. The molecule has 1 aromatic carbocycles. The van der Waals surface area contributed by atoms with E-state index in [0.717, 1.165) is 13.8 Å². The molecule has 0 bridgehead atoms. The van der Waals surface area contributed by atoms with E-state index in [9.17, 15) is 14.7 Å². The summed E-state index contributed by atoms with van der Waals surface area (Å²) in [5, 5.41) is 11.4. The lowest BCUT2D eigenvalue weighted by molar-refractivity contribution is -0.142. The number of carboxylic acid groups (broad SMARTS) is 1. The number of benzene rings is 1. The zero-order valence-corrected chi connectivity index (χ0v) is 12.9. The van der Waals surface area contributed by atoms with Crippen LogP contribution in [0.3, 0.4) is 0 Å². The van der Waals surface area contributed by atoms with Crippen LogP contribution in [0.15, 0.2) is 30.3 Å². The van der Waals surface area contributed by atoms with Crippen molar-refractivity contribution in [1.29, 1.82) is 0 Å². The zero-order valence-electron chi connectivity index (χ0n) is 23.9. The Balaban J connectivity index is 2.67. The predicted molar refractivity (Wildman–Crippen MR) is 90.0 cm³/mol. The summed E-state index contributed by atoms with van der Waals surface area (Å²) in [4.78, 5) is 25.0. The van der Waals surface area contributed by atoms with E-state index in [4.69, 9.17) is 15.1 Å².